The number of carbonyl (C=O) groups excluding carboxylic acids is 1. The Kier molecular flexibility index (Phi) is 7.46. The first-order valence-electron chi connectivity index (χ1n) is 7.31. The maximum atomic E-state index is 14.3. The van der Waals surface area contributed by atoms with Gasteiger partial charge in [0.05, 0.1) is 0 Å². The average Bonchev–Trinajstić information content (AvgIpc) is 2.56. The normalized spacial score (nSPS) is 17.3. The molecule has 0 bridgehead atoms. The number of rotatable bonds is 7. The summed E-state index contributed by atoms with van der Waals surface area (Å²) >= 11 is 0. The van der Waals surface area contributed by atoms with Crippen molar-refractivity contribution in [3.8, 4) is 0 Å². The molecule has 0 radical (unpaired) electrons. The second kappa shape index (κ2) is 7.95. The molecule has 0 aromatic heterocycles. The van der Waals surface area contributed by atoms with Crippen molar-refractivity contribution in [3.63, 3.8) is 0 Å². The van der Waals surface area contributed by atoms with Crippen LogP contribution in [0, 0.1) is 0 Å². The highest BCUT2D eigenvalue weighted by Crippen LogP contribution is 2.66. The van der Waals surface area contributed by atoms with Gasteiger partial charge in [-0.05, 0) is 6.92 Å². The lowest BCUT2D eigenvalue weighted by Crippen LogP contribution is -2.79. The van der Waals surface area contributed by atoms with Crippen LogP contribution in [-0.2, 0) is 9.53 Å². The van der Waals surface area contributed by atoms with E-state index >= 15 is 0 Å². The van der Waals surface area contributed by atoms with E-state index in [0.29, 0.717) is 0 Å². The molecule has 0 aliphatic heterocycles. The second-order valence-corrected chi connectivity index (χ2v) is 6.21. The summed E-state index contributed by atoms with van der Waals surface area (Å²) in [5.41, 5.74) is -10.5. The highest BCUT2D eigenvalue weighted by Gasteiger charge is 2.99. The third-order valence-electron chi connectivity index (χ3n) is 3.75. The molecular weight excluding hydrogens is 549 g/mol. The summed E-state index contributed by atoms with van der Waals surface area (Å²) in [6.45, 7) is 2.39. The van der Waals surface area contributed by atoms with E-state index in [4.69, 9.17) is 0 Å². The molecule has 0 saturated carbocycles. The lowest BCUT2D eigenvalue weighted by Gasteiger charge is -2.46. The van der Waals surface area contributed by atoms with E-state index in [0.717, 1.165) is 0 Å². The molecule has 1 atom stereocenters. The molecule has 2 nitrogen and oxygen atoms in total. The van der Waals surface area contributed by atoms with Crippen molar-refractivity contribution in [1.29, 1.82) is 0 Å². The van der Waals surface area contributed by atoms with Gasteiger partial charge in [0.1, 0.15) is 0 Å². The number of carbonyl (C=O) groups is 1. The largest absolute Gasteiger partial charge is 0.461 e. The van der Waals surface area contributed by atoms with Gasteiger partial charge in [-0.15, -0.1) is 0 Å². The van der Waals surface area contributed by atoms with E-state index in [9.17, 15) is 88.2 Å². The first-order valence-corrected chi connectivity index (χ1v) is 7.31. The molecule has 0 spiro atoms. The molecule has 0 aromatic rings. The van der Waals surface area contributed by atoms with Gasteiger partial charge in [0.25, 0.3) is 0 Å². The minimum absolute atomic E-state index is 0.110. The Hall–Kier alpha value is -2.12. The monoisotopic (exact) mass is 554 g/mol. The number of halogens is 19. The van der Waals surface area contributed by atoms with Crippen LogP contribution in [0.15, 0.2) is 12.2 Å². The molecule has 0 N–H and O–H groups in total. The molecule has 21 heteroatoms. The molecule has 0 aromatic carbocycles. The quantitative estimate of drug-likeness (QED) is 0.199. The smallest absolute Gasteiger partial charge is 0.413 e. The molecule has 0 rings (SSSR count). The van der Waals surface area contributed by atoms with E-state index in [1.165, 1.54) is 0 Å². The predicted octanol–water partition coefficient (Wildman–Crippen LogP) is 6.71. The van der Waals surface area contributed by atoms with E-state index in [1.54, 1.807) is 0 Å². The Morgan fingerprint density at radius 1 is 0.529 bits per heavy atom. The van der Waals surface area contributed by atoms with Crippen LogP contribution in [0.25, 0.3) is 0 Å². The first-order chi connectivity index (χ1) is 14.3. The molecule has 0 saturated heterocycles. The van der Waals surface area contributed by atoms with Gasteiger partial charge in [-0.25, -0.2) is 9.18 Å². The topological polar surface area (TPSA) is 26.3 Å². The van der Waals surface area contributed by atoms with Gasteiger partial charge in [-0.3, -0.25) is 0 Å². The van der Waals surface area contributed by atoms with Crippen LogP contribution < -0.4 is 0 Å². The Balaban J connectivity index is 7.54. The van der Waals surface area contributed by atoms with Gasteiger partial charge in [0.2, 0.25) is 0 Å². The van der Waals surface area contributed by atoms with Gasteiger partial charge in [-0.1, -0.05) is 6.58 Å². The number of hydrogen-bond donors (Lipinski definition) is 0. The Morgan fingerprint density at radius 3 is 1.09 bits per heavy atom. The van der Waals surface area contributed by atoms with E-state index < -0.39 is 65.3 Å². The van der Waals surface area contributed by atoms with Crippen LogP contribution in [0.2, 0.25) is 0 Å². The van der Waals surface area contributed by atoms with Crippen molar-refractivity contribution in [2.75, 3.05) is 0 Å². The predicted molar refractivity (Wildman–Crippen MR) is 66.5 cm³/mol. The molecular formula is C13H5F19O2. The maximum absolute atomic E-state index is 14.3. The summed E-state index contributed by atoms with van der Waals surface area (Å²) < 4.78 is 250. The average molecular weight is 554 g/mol. The van der Waals surface area contributed by atoms with Crippen molar-refractivity contribution in [2.24, 2.45) is 0 Å². The van der Waals surface area contributed by atoms with Crippen LogP contribution in [0.4, 0.5) is 83.4 Å². The van der Waals surface area contributed by atoms with E-state index in [2.05, 4.69) is 11.3 Å². The highest BCUT2D eigenvalue weighted by atomic mass is 19.4. The van der Waals surface area contributed by atoms with Crippen LogP contribution >= 0.6 is 0 Å². The summed E-state index contributed by atoms with van der Waals surface area (Å²) in [4.78, 5) is 11.0. The van der Waals surface area contributed by atoms with E-state index in [-0.39, 0.29) is 6.92 Å². The van der Waals surface area contributed by atoms with Crippen molar-refractivity contribution in [3.05, 3.63) is 12.2 Å². The molecule has 1 unspecified atom stereocenters. The van der Waals surface area contributed by atoms with Crippen molar-refractivity contribution in [2.45, 2.75) is 60.7 Å². The van der Waals surface area contributed by atoms with Gasteiger partial charge >= 0.3 is 59.7 Å². The van der Waals surface area contributed by atoms with Gasteiger partial charge in [-0.2, -0.15) is 79.0 Å². The Bertz CT molecular complexity index is 786. The number of hydrogen-bond acceptors (Lipinski definition) is 2. The Morgan fingerprint density at radius 2 is 0.853 bits per heavy atom. The van der Waals surface area contributed by atoms with Crippen molar-refractivity contribution < 1.29 is 92.9 Å². The molecule has 0 aliphatic carbocycles. The minimum atomic E-state index is -9.07. The third-order valence-corrected chi connectivity index (χ3v) is 3.75. The zero-order valence-electron chi connectivity index (χ0n) is 15.2. The molecule has 0 amide bonds. The summed E-state index contributed by atoms with van der Waals surface area (Å²) in [5.74, 6) is -46.7. The van der Waals surface area contributed by atoms with Crippen LogP contribution in [0.1, 0.15) is 6.92 Å². The first kappa shape index (κ1) is 31.9. The van der Waals surface area contributed by atoms with Crippen LogP contribution in [0.5, 0.6) is 0 Å². The summed E-state index contributed by atoms with van der Waals surface area (Å²) in [6.07, 6.45) is -24.6. The highest BCUT2D eigenvalue weighted by molar-refractivity contribution is 5.87. The molecule has 34 heavy (non-hydrogen) atoms. The molecule has 202 valence electrons. The fourth-order valence-corrected chi connectivity index (χ4v) is 1.85. The van der Waals surface area contributed by atoms with Crippen molar-refractivity contribution >= 4 is 5.97 Å². The summed E-state index contributed by atoms with van der Waals surface area (Å²) in [6, 6.07) is 0. The van der Waals surface area contributed by atoms with Gasteiger partial charge < -0.3 is 4.74 Å². The van der Waals surface area contributed by atoms with E-state index in [1.807, 2.05) is 0 Å². The second-order valence-electron chi connectivity index (χ2n) is 6.21. The molecule has 0 fully saturated rings. The number of ether oxygens (including phenoxy) is 1. The van der Waals surface area contributed by atoms with Gasteiger partial charge in [0.15, 0.2) is 0 Å². The Labute approximate surface area is 173 Å². The van der Waals surface area contributed by atoms with Crippen molar-refractivity contribution in [1.82, 2.24) is 0 Å². The van der Waals surface area contributed by atoms with Gasteiger partial charge in [0, 0.05) is 5.57 Å². The number of alkyl halides is 19. The minimum Gasteiger partial charge on any atom is -0.413 e. The zero-order valence-corrected chi connectivity index (χ0v) is 15.2. The molecule has 0 aliphatic rings. The standard InChI is InChI=1S/C13H5F19O2/c1-3(2)4(33)34-10(23,9(21,22)13(30,31)32)8(19,20)7(17,18)6(15,16)5(14,11(24,25)26)12(27,28)29/h1H2,2H3. The SMILES string of the molecule is C=C(C)C(=O)OC(F)(C(F)(F)C(F)(F)F)C(F)(F)C(F)(F)C(F)(F)C(F)(C(F)(F)F)C(F)(F)F. The maximum Gasteiger partial charge on any atom is 0.461 e. The fraction of sp³-hybridized carbons (Fsp3) is 0.769. The third kappa shape index (κ3) is 4.01. The van der Waals surface area contributed by atoms with Crippen LogP contribution in [0.3, 0.4) is 0 Å². The molecule has 0 heterocycles. The fourth-order valence-electron chi connectivity index (χ4n) is 1.85. The lowest BCUT2D eigenvalue weighted by molar-refractivity contribution is -0.486. The number of esters is 1. The van der Waals surface area contributed by atoms with Crippen LogP contribution in [-0.4, -0.2) is 59.7 Å². The lowest BCUT2D eigenvalue weighted by atomic mass is 9.84. The zero-order chi connectivity index (χ0) is 28.4. The summed E-state index contributed by atoms with van der Waals surface area (Å²) in [7, 11) is 0. The summed E-state index contributed by atoms with van der Waals surface area (Å²) in [5, 5.41) is 0.